The molecule has 3 rings (SSSR count). The smallest absolute Gasteiger partial charge is 0.311 e. The van der Waals surface area contributed by atoms with Gasteiger partial charge in [0, 0.05) is 6.07 Å². The van der Waals surface area contributed by atoms with Gasteiger partial charge in [-0.2, -0.15) is 0 Å². The molecule has 0 bridgehead atoms. The molecule has 0 aromatic heterocycles. The number of amides is 1. The summed E-state index contributed by atoms with van der Waals surface area (Å²) in [7, 11) is 0. The SMILES string of the molecule is Cc1cc(C)cc(N=C2NC(=O)/C(=C/c3ccc(O)c([N+](=O)[O-])c3)S2)c1. The molecule has 1 aliphatic heterocycles. The van der Waals surface area contributed by atoms with Gasteiger partial charge in [-0.3, -0.25) is 14.9 Å². The van der Waals surface area contributed by atoms with Crippen molar-refractivity contribution in [3.8, 4) is 5.75 Å². The standard InChI is InChI=1S/C18H15N3O4S/c1-10-5-11(2)7-13(6-10)19-18-20-17(23)16(26-18)9-12-3-4-15(22)14(8-12)21(24)25/h3-9,22H,1-2H3,(H,19,20,23)/b16-9-. The summed E-state index contributed by atoms with van der Waals surface area (Å²) in [6.45, 7) is 3.94. The van der Waals surface area contributed by atoms with Crippen molar-refractivity contribution in [1.29, 1.82) is 0 Å². The second-order valence-electron chi connectivity index (χ2n) is 5.83. The Balaban J connectivity index is 1.88. The number of nitro benzene ring substituents is 1. The van der Waals surface area contributed by atoms with Crippen LogP contribution in [0, 0.1) is 24.0 Å². The van der Waals surface area contributed by atoms with Crippen molar-refractivity contribution < 1.29 is 14.8 Å². The van der Waals surface area contributed by atoms with Gasteiger partial charge in [-0.05, 0) is 66.6 Å². The number of phenols is 1. The summed E-state index contributed by atoms with van der Waals surface area (Å²) in [5.74, 6) is -0.744. The lowest BCUT2D eigenvalue weighted by Crippen LogP contribution is -2.19. The van der Waals surface area contributed by atoms with Gasteiger partial charge in [0.15, 0.2) is 10.9 Å². The average Bonchev–Trinajstić information content (AvgIpc) is 2.87. The Kier molecular flexibility index (Phi) is 4.77. The Morgan fingerprint density at radius 2 is 1.88 bits per heavy atom. The number of carbonyl (C=O) groups excluding carboxylic acids is 1. The van der Waals surface area contributed by atoms with E-state index in [-0.39, 0.29) is 5.91 Å². The predicted octanol–water partition coefficient (Wildman–Crippen LogP) is 3.81. The number of nitro groups is 1. The van der Waals surface area contributed by atoms with Crippen LogP contribution in [0.2, 0.25) is 0 Å². The Labute approximate surface area is 153 Å². The molecule has 0 saturated carbocycles. The lowest BCUT2D eigenvalue weighted by Gasteiger charge is -2.00. The number of carbonyl (C=O) groups is 1. The van der Waals surface area contributed by atoms with E-state index in [9.17, 15) is 20.0 Å². The minimum Gasteiger partial charge on any atom is -0.502 e. The van der Waals surface area contributed by atoms with Crippen molar-refractivity contribution in [2.75, 3.05) is 0 Å². The van der Waals surface area contributed by atoms with Crippen LogP contribution >= 0.6 is 11.8 Å². The highest BCUT2D eigenvalue weighted by Crippen LogP contribution is 2.31. The van der Waals surface area contributed by atoms with Crippen LogP contribution in [0.25, 0.3) is 6.08 Å². The molecule has 1 heterocycles. The van der Waals surface area contributed by atoms with E-state index >= 15 is 0 Å². The lowest BCUT2D eigenvalue weighted by atomic mass is 10.1. The molecular weight excluding hydrogens is 354 g/mol. The number of aliphatic imine (C=N–C) groups is 1. The minimum atomic E-state index is -0.674. The fourth-order valence-electron chi connectivity index (χ4n) is 2.54. The number of hydrogen-bond acceptors (Lipinski definition) is 6. The van der Waals surface area contributed by atoms with Gasteiger partial charge in [-0.1, -0.05) is 12.1 Å². The number of amidine groups is 1. The third kappa shape index (κ3) is 3.92. The van der Waals surface area contributed by atoms with Crippen molar-refractivity contribution >= 4 is 40.3 Å². The van der Waals surface area contributed by atoms with Crippen molar-refractivity contribution in [2.45, 2.75) is 13.8 Å². The fraction of sp³-hybridized carbons (Fsp3) is 0.111. The number of phenolic OH excluding ortho intramolecular Hbond substituents is 1. The molecule has 0 aliphatic carbocycles. The second kappa shape index (κ2) is 7.01. The fourth-order valence-corrected chi connectivity index (χ4v) is 3.38. The van der Waals surface area contributed by atoms with Crippen LogP contribution in [-0.4, -0.2) is 21.1 Å². The van der Waals surface area contributed by atoms with Crippen molar-refractivity contribution in [3.63, 3.8) is 0 Å². The first-order valence-electron chi connectivity index (χ1n) is 7.67. The highest BCUT2D eigenvalue weighted by molar-refractivity contribution is 8.18. The number of nitrogens with zero attached hydrogens (tertiary/aromatic N) is 2. The van der Waals surface area contributed by atoms with Gasteiger partial charge in [-0.15, -0.1) is 0 Å². The summed E-state index contributed by atoms with van der Waals surface area (Å²) in [5, 5.41) is 23.5. The quantitative estimate of drug-likeness (QED) is 0.486. The molecular formula is C18H15N3O4S. The summed E-state index contributed by atoms with van der Waals surface area (Å²) in [6, 6.07) is 9.81. The number of nitrogens with one attached hydrogen (secondary N) is 1. The molecule has 0 atom stereocenters. The number of aryl methyl sites for hydroxylation is 2. The average molecular weight is 369 g/mol. The molecule has 0 spiro atoms. The summed E-state index contributed by atoms with van der Waals surface area (Å²) >= 11 is 1.16. The van der Waals surface area contributed by atoms with E-state index in [1.165, 1.54) is 24.3 Å². The first kappa shape index (κ1) is 17.7. The summed E-state index contributed by atoms with van der Waals surface area (Å²) in [5.41, 5.74) is 2.93. The molecule has 1 aliphatic rings. The molecule has 0 radical (unpaired) electrons. The lowest BCUT2D eigenvalue weighted by molar-refractivity contribution is -0.385. The zero-order valence-corrected chi connectivity index (χ0v) is 14.8. The largest absolute Gasteiger partial charge is 0.502 e. The first-order chi connectivity index (χ1) is 12.3. The Hall–Kier alpha value is -3.13. The van der Waals surface area contributed by atoms with Crippen molar-refractivity contribution in [1.82, 2.24) is 5.32 Å². The maximum Gasteiger partial charge on any atom is 0.311 e. The van der Waals surface area contributed by atoms with Crippen LogP contribution in [0.5, 0.6) is 5.75 Å². The number of aromatic hydroxyl groups is 1. The molecule has 2 N–H and O–H groups in total. The van der Waals surface area contributed by atoms with Gasteiger partial charge >= 0.3 is 5.69 Å². The Morgan fingerprint density at radius 3 is 2.54 bits per heavy atom. The molecule has 0 unspecified atom stereocenters. The molecule has 2 aromatic rings. The molecule has 132 valence electrons. The van der Waals surface area contributed by atoms with Crippen LogP contribution < -0.4 is 5.32 Å². The molecule has 2 aromatic carbocycles. The topological polar surface area (TPSA) is 105 Å². The molecule has 1 saturated heterocycles. The third-order valence-electron chi connectivity index (χ3n) is 3.58. The van der Waals surface area contributed by atoms with E-state index in [1.54, 1.807) is 0 Å². The Morgan fingerprint density at radius 1 is 1.19 bits per heavy atom. The van der Waals surface area contributed by atoms with Crippen LogP contribution in [0.3, 0.4) is 0 Å². The van der Waals surface area contributed by atoms with Gasteiger partial charge in [0.2, 0.25) is 0 Å². The zero-order chi connectivity index (χ0) is 18.8. The summed E-state index contributed by atoms with van der Waals surface area (Å²) < 4.78 is 0. The molecule has 7 nitrogen and oxygen atoms in total. The van der Waals surface area contributed by atoms with E-state index in [4.69, 9.17) is 0 Å². The van der Waals surface area contributed by atoms with Crippen LogP contribution in [0.4, 0.5) is 11.4 Å². The van der Waals surface area contributed by atoms with E-state index in [0.29, 0.717) is 15.6 Å². The van der Waals surface area contributed by atoms with E-state index in [2.05, 4.69) is 10.3 Å². The van der Waals surface area contributed by atoms with Crippen LogP contribution in [-0.2, 0) is 4.79 Å². The summed E-state index contributed by atoms with van der Waals surface area (Å²) in [4.78, 5) is 27.2. The number of benzene rings is 2. The normalized spacial score (nSPS) is 16.9. The highest BCUT2D eigenvalue weighted by atomic mass is 32.2. The number of thioether (sulfide) groups is 1. The van der Waals surface area contributed by atoms with E-state index in [0.717, 1.165) is 28.6 Å². The molecule has 8 heteroatoms. The monoisotopic (exact) mass is 369 g/mol. The van der Waals surface area contributed by atoms with Gasteiger partial charge in [0.25, 0.3) is 5.91 Å². The maximum atomic E-state index is 12.1. The highest BCUT2D eigenvalue weighted by Gasteiger charge is 2.24. The molecule has 1 fully saturated rings. The van der Waals surface area contributed by atoms with Crippen molar-refractivity contribution in [3.05, 3.63) is 68.1 Å². The molecule has 26 heavy (non-hydrogen) atoms. The van der Waals surface area contributed by atoms with Crippen LogP contribution in [0.1, 0.15) is 16.7 Å². The van der Waals surface area contributed by atoms with E-state index < -0.39 is 16.4 Å². The van der Waals surface area contributed by atoms with Gasteiger partial charge in [-0.25, -0.2) is 4.99 Å². The van der Waals surface area contributed by atoms with Crippen molar-refractivity contribution in [2.24, 2.45) is 4.99 Å². The number of hydrogen-bond donors (Lipinski definition) is 2. The molecule has 1 amide bonds. The van der Waals surface area contributed by atoms with Gasteiger partial charge < -0.3 is 10.4 Å². The Bertz CT molecular complexity index is 962. The minimum absolute atomic E-state index is 0.325. The summed E-state index contributed by atoms with van der Waals surface area (Å²) in [6.07, 6.45) is 1.52. The van der Waals surface area contributed by atoms with Gasteiger partial charge in [0.1, 0.15) is 0 Å². The zero-order valence-electron chi connectivity index (χ0n) is 14.0. The predicted molar refractivity (Wildman–Crippen MR) is 101 cm³/mol. The third-order valence-corrected chi connectivity index (χ3v) is 4.49. The van der Waals surface area contributed by atoms with Gasteiger partial charge in [0.05, 0.1) is 15.5 Å². The first-order valence-corrected chi connectivity index (χ1v) is 8.49. The maximum absolute atomic E-state index is 12.1. The van der Waals surface area contributed by atoms with Crippen LogP contribution in [0.15, 0.2) is 46.3 Å². The van der Waals surface area contributed by atoms with E-state index in [1.807, 2.05) is 32.0 Å². The number of rotatable bonds is 3. The second-order valence-corrected chi connectivity index (χ2v) is 6.86.